The summed E-state index contributed by atoms with van der Waals surface area (Å²) in [6, 6.07) is 0. The topological polar surface area (TPSA) is 0 Å². The van der Waals surface area contributed by atoms with Crippen LogP contribution in [0.2, 0.25) is 5.21 Å². The molecule has 3 fully saturated rings. The first-order chi connectivity index (χ1) is 7.27. The van der Waals surface area contributed by atoms with Gasteiger partial charge in [0, 0.05) is 0 Å². The number of hydrogen-bond donors (Lipinski definition) is 0. The van der Waals surface area contributed by atoms with Crippen LogP contribution in [0, 0.1) is 28.6 Å². The molecular weight excluding hydrogens is 190 g/mol. The van der Waals surface area contributed by atoms with E-state index in [-0.39, 0.29) is 0 Å². The minimum Gasteiger partial charge on any atom is -0.0771 e. The Balaban J connectivity index is 1.77. The Kier molecular flexibility index (Phi) is 2.05. The van der Waals surface area contributed by atoms with Crippen LogP contribution in [0.3, 0.4) is 0 Å². The van der Waals surface area contributed by atoms with Gasteiger partial charge in [0.05, 0.1) is 0 Å². The van der Waals surface area contributed by atoms with Crippen molar-refractivity contribution < 1.29 is 0 Å². The van der Waals surface area contributed by atoms with E-state index in [0.717, 1.165) is 23.2 Å². The molecule has 0 saturated heterocycles. The molecule has 0 aromatic heterocycles. The fourth-order valence-electron chi connectivity index (χ4n) is 4.58. The third kappa shape index (κ3) is 1.25. The predicted octanol–water partition coefficient (Wildman–Crippen LogP) is 2.24. The average molecular weight is 216 g/mol. The first kappa shape index (κ1) is 11.2. The SMILES string of the molecule is BC(B)(C1CC2CCC23CC3C1)C(C)(C)C. The van der Waals surface area contributed by atoms with Crippen LogP contribution in [0.1, 0.15) is 52.9 Å². The molecule has 0 amide bonds. The van der Waals surface area contributed by atoms with Crippen LogP contribution in [-0.2, 0) is 0 Å². The summed E-state index contributed by atoms with van der Waals surface area (Å²) in [5.41, 5.74) is 1.36. The van der Waals surface area contributed by atoms with Crippen LogP contribution < -0.4 is 0 Å². The Morgan fingerprint density at radius 3 is 2.12 bits per heavy atom. The molecule has 0 radical (unpaired) electrons. The largest absolute Gasteiger partial charge is 0.100 e. The maximum absolute atomic E-state index is 2.52. The van der Waals surface area contributed by atoms with E-state index in [1.807, 2.05) is 0 Å². The molecule has 4 unspecified atom stereocenters. The molecule has 88 valence electrons. The van der Waals surface area contributed by atoms with Gasteiger partial charge in [0.25, 0.3) is 0 Å². The van der Waals surface area contributed by atoms with E-state index in [0.29, 0.717) is 10.6 Å². The highest BCUT2D eigenvalue weighted by atomic mass is 14.7. The second-order valence-electron chi connectivity index (χ2n) is 8.51. The van der Waals surface area contributed by atoms with E-state index in [2.05, 4.69) is 36.5 Å². The molecule has 0 aliphatic heterocycles. The lowest BCUT2D eigenvalue weighted by Gasteiger charge is -2.53. The van der Waals surface area contributed by atoms with Gasteiger partial charge in [-0.15, -0.1) is 0 Å². The molecule has 0 heterocycles. The van der Waals surface area contributed by atoms with Crippen LogP contribution in [0.15, 0.2) is 0 Å². The van der Waals surface area contributed by atoms with Gasteiger partial charge < -0.3 is 0 Å². The Bertz CT molecular complexity index is 315. The van der Waals surface area contributed by atoms with Crippen molar-refractivity contribution in [3.05, 3.63) is 0 Å². The van der Waals surface area contributed by atoms with Crippen molar-refractivity contribution in [3.8, 4) is 0 Å². The van der Waals surface area contributed by atoms with Crippen molar-refractivity contribution in [2.75, 3.05) is 0 Å². The van der Waals surface area contributed by atoms with E-state index in [1.54, 1.807) is 32.1 Å². The summed E-state index contributed by atoms with van der Waals surface area (Å²) in [6.45, 7) is 7.30. The second kappa shape index (κ2) is 2.93. The quantitative estimate of drug-likeness (QED) is 0.589. The molecule has 0 aromatic rings. The first-order valence-electron chi connectivity index (χ1n) is 7.27. The normalized spacial score (nSPS) is 46.6. The molecule has 0 nitrogen and oxygen atoms in total. The molecule has 1 spiro atoms. The van der Waals surface area contributed by atoms with E-state index in [9.17, 15) is 0 Å². The molecule has 4 atom stereocenters. The zero-order valence-electron chi connectivity index (χ0n) is 11.8. The molecule has 3 rings (SSSR count). The van der Waals surface area contributed by atoms with Gasteiger partial charge in [-0.1, -0.05) is 26.0 Å². The average Bonchev–Trinajstić information content (AvgIpc) is 2.84. The summed E-state index contributed by atoms with van der Waals surface area (Å²) in [4.78, 5) is 0. The zero-order valence-corrected chi connectivity index (χ0v) is 11.8. The molecule has 0 aromatic carbocycles. The minimum atomic E-state index is 0.455. The van der Waals surface area contributed by atoms with Crippen LogP contribution in [0.4, 0.5) is 0 Å². The highest BCUT2D eigenvalue weighted by molar-refractivity contribution is 6.40. The molecule has 3 saturated carbocycles. The van der Waals surface area contributed by atoms with Crippen molar-refractivity contribution in [1.29, 1.82) is 0 Å². The van der Waals surface area contributed by atoms with Gasteiger partial charge in [-0.3, -0.25) is 0 Å². The maximum Gasteiger partial charge on any atom is 0.100 e. The Morgan fingerprint density at radius 1 is 1.06 bits per heavy atom. The first-order valence-corrected chi connectivity index (χ1v) is 7.27. The van der Waals surface area contributed by atoms with Crippen molar-refractivity contribution in [2.24, 2.45) is 28.6 Å². The fourth-order valence-corrected chi connectivity index (χ4v) is 4.58. The molecular formula is C14H26B2. The van der Waals surface area contributed by atoms with Crippen molar-refractivity contribution >= 4 is 15.7 Å². The van der Waals surface area contributed by atoms with Gasteiger partial charge in [-0.25, -0.2) is 0 Å². The third-order valence-corrected chi connectivity index (χ3v) is 7.14. The molecule has 3 aliphatic rings. The molecule has 16 heavy (non-hydrogen) atoms. The third-order valence-electron chi connectivity index (χ3n) is 7.14. The van der Waals surface area contributed by atoms with E-state index in [4.69, 9.17) is 0 Å². The lowest BCUT2D eigenvalue weighted by molar-refractivity contribution is 0.0389. The predicted molar refractivity (Wildman–Crippen MR) is 75.2 cm³/mol. The van der Waals surface area contributed by atoms with Crippen molar-refractivity contribution in [2.45, 2.75) is 58.1 Å². The Morgan fingerprint density at radius 2 is 1.69 bits per heavy atom. The number of rotatable bonds is 1. The fraction of sp³-hybridized carbons (Fsp3) is 1.00. The summed E-state index contributed by atoms with van der Waals surface area (Å²) in [6.07, 6.45) is 7.80. The number of hydrogen-bond acceptors (Lipinski definition) is 0. The molecule has 3 aliphatic carbocycles. The maximum atomic E-state index is 2.52. The molecule has 0 bridgehead atoms. The van der Waals surface area contributed by atoms with Crippen LogP contribution in [0.5, 0.6) is 0 Å². The van der Waals surface area contributed by atoms with Crippen LogP contribution >= 0.6 is 0 Å². The monoisotopic (exact) mass is 216 g/mol. The van der Waals surface area contributed by atoms with Gasteiger partial charge in [0.1, 0.15) is 15.7 Å². The smallest absolute Gasteiger partial charge is 0.0771 e. The van der Waals surface area contributed by atoms with Gasteiger partial charge in [-0.2, -0.15) is 0 Å². The summed E-state index contributed by atoms with van der Waals surface area (Å²) in [5, 5.41) is 0.511. The van der Waals surface area contributed by atoms with E-state index in [1.165, 1.54) is 0 Å². The lowest BCUT2D eigenvalue weighted by atomic mass is 9.36. The van der Waals surface area contributed by atoms with Crippen molar-refractivity contribution in [3.63, 3.8) is 0 Å². The van der Waals surface area contributed by atoms with Gasteiger partial charge in [0.2, 0.25) is 0 Å². The van der Waals surface area contributed by atoms with Crippen LogP contribution in [0.25, 0.3) is 0 Å². The standard InChI is InChI=1S/C14H26B2/c1-12(2,3)14(15,16)10-6-9-4-5-13(9)8-11(13)7-10/h9-11H,4-8,15-16H2,1-3H3. The minimum absolute atomic E-state index is 0.455. The van der Waals surface area contributed by atoms with Crippen LogP contribution in [-0.4, -0.2) is 15.7 Å². The molecule has 2 heteroatoms. The Labute approximate surface area is 103 Å². The van der Waals surface area contributed by atoms with E-state index >= 15 is 0 Å². The highest BCUT2D eigenvalue weighted by Crippen LogP contribution is 2.76. The summed E-state index contributed by atoms with van der Waals surface area (Å²) >= 11 is 0. The summed E-state index contributed by atoms with van der Waals surface area (Å²) in [5.74, 6) is 3.24. The molecule has 0 N–H and O–H groups in total. The second-order valence-corrected chi connectivity index (χ2v) is 8.51. The van der Waals surface area contributed by atoms with Gasteiger partial charge in [0.15, 0.2) is 0 Å². The van der Waals surface area contributed by atoms with Gasteiger partial charge in [-0.05, 0) is 60.7 Å². The van der Waals surface area contributed by atoms with E-state index < -0.39 is 0 Å². The summed E-state index contributed by atoms with van der Waals surface area (Å²) in [7, 11) is 5.04. The highest BCUT2D eigenvalue weighted by Gasteiger charge is 2.67. The van der Waals surface area contributed by atoms with Crippen molar-refractivity contribution in [1.82, 2.24) is 0 Å². The Hall–Kier alpha value is 0.130. The van der Waals surface area contributed by atoms with Gasteiger partial charge >= 0.3 is 0 Å². The zero-order chi connectivity index (χ0) is 11.8. The lowest BCUT2D eigenvalue weighted by Crippen LogP contribution is -2.44. The summed E-state index contributed by atoms with van der Waals surface area (Å²) < 4.78 is 0.